The molecule has 1 N–H and O–H groups in total. The summed E-state index contributed by atoms with van der Waals surface area (Å²) in [7, 11) is 0. The monoisotopic (exact) mass is 265 g/mol. The Morgan fingerprint density at radius 2 is 1.15 bits per heavy atom. The highest BCUT2D eigenvalue weighted by Gasteiger charge is 2.43. The fraction of sp³-hybridized carbons (Fsp3) is 0. The van der Waals surface area contributed by atoms with Crippen LogP contribution in [0, 0.1) is 5.41 Å². The lowest BCUT2D eigenvalue weighted by molar-refractivity contribution is -0.111. The maximum atomic E-state index is 12.4. The number of nitrogens with one attached hydrogen (secondary N) is 1. The summed E-state index contributed by atoms with van der Waals surface area (Å²) >= 11 is 0. The molecule has 2 aromatic rings. The van der Waals surface area contributed by atoms with Crippen LogP contribution in [0.15, 0.2) is 60.7 Å². The Hall–Kier alpha value is -2.95. The molecule has 98 valence electrons. The first-order valence-corrected chi connectivity index (χ1v) is 6.07. The number of benzene rings is 2. The van der Waals surface area contributed by atoms with Crippen molar-refractivity contribution in [1.29, 1.82) is 5.41 Å². The average molecular weight is 265 g/mol. The molecule has 0 spiro atoms. The van der Waals surface area contributed by atoms with Gasteiger partial charge in [0, 0.05) is 0 Å². The summed E-state index contributed by atoms with van der Waals surface area (Å²) in [5, 5.41) is 7.87. The van der Waals surface area contributed by atoms with E-state index in [1.807, 2.05) is 6.07 Å². The van der Waals surface area contributed by atoms with E-state index in [-0.39, 0.29) is 5.84 Å². The van der Waals surface area contributed by atoms with E-state index in [0.717, 1.165) is 9.80 Å². The maximum Gasteiger partial charge on any atom is 0.342 e. The van der Waals surface area contributed by atoms with Crippen molar-refractivity contribution in [1.82, 2.24) is 0 Å². The van der Waals surface area contributed by atoms with Gasteiger partial charge in [-0.25, -0.2) is 14.6 Å². The predicted molar refractivity (Wildman–Crippen MR) is 76.0 cm³/mol. The van der Waals surface area contributed by atoms with Crippen molar-refractivity contribution in [2.24, 2.45) is 0 Å². The Labute approximate surface area is 115 Å². The summed E-state index contributed by atoms with van der Waals surface area (Å²) in [6.07, 6.45) is 0. The first kappa shape index (κ1) is 12.1. The normalized spacial score (nSPS) is 15.1. The molecule has 0 atom stereocenters. The van der Waals surface area contributed by atoms with Crippen molar-refractivity contribution in [3.8, 4) is 0 Å². The molecule has 0 bridgehead atoms. The van der Waals surface area contributed by atoms with Crippen LogP contribution >= 0.6 is 0 Å². The summed E-state index contributed by atoms with van der Waals surface area (Å²) < 4.78 is 0. The van der Waals surface area contributed by atoms with Gasteiger partial charge >= 0.3 is 11.9 Å². The molecule has 1 heterocycles. The van der Waals surface area contributed by atoms with Crippen molar-refractivity contribution in [2.45, 2.75) is 0 Å². The molecule has 0 radical (unpaired) electrons. The number of urea groups is 1. The second-order valence-electron chi connectivity index (χ2n) is 4.28. The highest BCUT2D eigenvalue weighted by molar-refractivity contribution is 6.61. The molecule has 1 fully saturated rings. The number of para-hydroxylation sites is 2. The van der Waals surface area contributed by atoms with E-state index in [1.54, 1.807) is 54.6 Å². The van der Waals surface area contributed by atoms with Gasteiger partial charge in [0.15, 0.2) is 0 Å². The molecule has 1 aliphatic heterocycles. The number of imide groups is 1. The average Bonchev–Trinajstić information content (AvgIpc) is 2.71. The number of amides is 3. The molecule has 5 nitrogen and oxygen atoms in total. The van der Waals surface area contributed by atoms with Gasteiger partial charge in [-0.3, -0.25) is 10.2 Å². The minimum absolute atomic E-state index is 0.343. The first-order valence-electron chi connectivity index (χ1n) is 6.07. The van der Waals surface area contributed by atoms with Crippen LogP contribution in [0.5, 0.6) is 0 Å². The van der Waals surface area contributed by atoms with Crippen molar-refractivity contribution < 1.29 is 9.59 Å². The summed E-state index contributed by atoms with van der Waals surface area (Å²) in [6.45, 7) is 0. The van der Waals surface area contributed by atoms with Crippen molar-refractivity contribution >= 4 is 29.1 Å². The molecule has 1 saturated heterocycles. The molecule has 20 heavy (non-hydrogen) atoms. The van der Waals surface area contributed by atoms with Crippen LogP contribution in [0.4, 0.5) is 16.2 Å². The van der Waals surface area contributed by atoms with E-state index in [1.165, 1.54) is 0 Å². The largest absolute Gasteiger partial charge is 0.342 e. The summed E-state index contributed by atoms with van der Waals surface area (Å²) in [5.74, 6) is -0.963. The van der Waals surface area contributed by atoms with Crippen molar-refractivity contribution in [3.05, 3.63) is 60.7 Å². The molecule has 0 saturated carbocycles. The van der Waals surface area contributed by atoms with Crippen molar-refractivity contribution in [3.63, 3.8) is 0 Å². The molecule has 0 unspecified atom stereocenters. The Balaban J connectivity index is 2.03. The summed E-state index contributed by atoms with van der Waals surface area (Å²) in [6, 6.07) is 16.8. The second-order valence-corrected chi connectivity index (χ2v) is 4.28. The number of rotatable bonds is 2. The van der Waals surface area contributed by atoms with E-state index in [4.69, 9.17) is 5.41 Å². The van der Waals surface area contributed by atoms with Gasteiger partial charge in [-0.05, 0) is 24.3 Å². The lowest BCUT2D eigenvalue weighted by atomic mass is 10.3. The third-order valence-corrected chi connectivity index (χ3v) is 3.04. The standard InChI is InChI=1S/C15H11N3O2/c16-13-14(19)18(12-9-5-2-6-10-12)15(20)17(13)11-7-3-1-4-8-11/h1-10,16H. The van der Waals surface area contributed by atoms with Crippen LogP contribution in [0.1, 0.15) is 0 Å². The molecular weight excluding hydrogens is 254 g/mol. The van der Waals surface area contributed by atoms with E-state index in [0.29, 0.717) is 11.4 Å². The van der Waals surface area contributed by atoms with Gasteiger partial charge in [0.1, 0.15) is 0 Å². The molecule has 0 aliphatic carbocycles. The highest BCUT2D eigenvalue weighted by atomic mass is 16.2. The van der Waals surface area contributed by atoms with Crippen LogP contribution in [-0.4, -0.2) is 17.8 Å². The minimum Gasteiger partial charge on any atom is -0.279 e. The SMILES string of the molecule is N=C1C(=O)N(c2ccccc2)C(=O)N1c1ccccc1. The van der Waals surface area contributed by atoms with Gasteiger partial charge in [-0.1, -0.05) is 36.4 Å². The van der Waals surface area contributed by atoms with Gasteiger partial charge in [0.25, 0.3) is 0 Å². The number of carbonyl (C=O) groups is 2. The van der Waals surface area contributed by atoms with Crippen LogP contribution < -0.4 is 9.80 Å². The zero-order valence-corrected chi connectivity index (χ0v) is 10.5. The maximum absolute atomic E-state index is 12.4. The Kier molecular flexibility index (Phi) is 2.80. The third kappa shape index (κ3) is 1.76. The van der Waals surface area contributed by atoms with E-state index in [9.17, 15) is 9.59 Å². The second kappa shape index (κ2) is 4.62. The van der Waals surface area contributed by atoms with Crippen molar-refractivity contribution in [2.75, 3.05) is 9.80 Å². The topological polar surface area (TPSA) is 64.5 Å². The first-order chi connectivity index (χ1) is 9.70. The molecule has 3 rings (SSSR count). The molecule has 0 aromatic heterocycles. The van der Waals surface area contributed by atoms with Gasteiger partial charge in [-0.2, -0.15) is 0 Å². The van der Waals surface area contributed by atoms with Crippen LogP contribution in [0.25, 0.3) is 0 Å². The molecule has 1 aliphatic rings. The van der Waals surface area contributed by atoms with Crippen LogP contribution in [-0.2, 0) is 4.79 Å². The Morgan fingerprint density at radius 1 is 0.700 bits per heavy atom. The number of hydrogen-bond donors (Lipinski definition) is 1. The Bertz CT molecular complexity index is 623. The highest BCUT2D eigenvalue weighted by Crippen LogP contribution is 2.26. The quantitative estimate of drug-likeness (QED) is 0.848. The Morgan fingerprint density at radius 3 is 1.65 bits per heavy atom. The summed E-state index contributed by atoms with van der Waals surface area (Å²) in [4.78, 5) is 26.7. The fourth-order valence-electron chi connectivity index (χ4n) is 2.11. The van der Waals surface area contributed by atoms with Crippen LogP contribution in [0.3, 0.4) is 0 Å². The lowest BCUT2D eigenvalue weighted by Gasteiger charge is -2.16. The van der Waals surface area contributed by atoms with E-state index < -0.39 is 11.9 Å². The molecule has 2 aromatic carbocycles. The third-order valence-electron chi connectivity index (χ3n) is 3.04. The van der Waals surface area contributed by atoms with Gasteiger partial charge < -0.3 is 0 Å². The van der Waals surface area contributed by atoms with Crippen LogP contribution in [0.2, 0.25) is 0 Å². The zero-order valence-electron chi connectivity index (χ0n) is 10.5. The number of amidine groups is 1. The van der Waals surface area contributed by atoms with Gasteiger partial charge in [0.2, 0.25) is 5.84 Å². The van der Waals surface area contributed by atoms with E-state index >= 15 is 0 Å². The number of hydrogen-bond acceptors (Lipinski definition) is 3. The van der Waals surface area contributed by atoms with Gasteiger partial charge in [-0.15, -0.1) is 0 Å². The fourth-order valence-corrected chi connectivity index (χ4v) is 2.11. The van der Waals surface area contributed by atoms with E-state index in [2.05, 4.69) is 0 Å². The minimum atomic E-state index is -0.620. The van der Waals surface area contributed by atoms with Gasteiger partial charge in [0.05, 0.1) is 11.4 Å². The number of anilines is 2. The molecular formula is C15H11N3O2. The molecule has 5 heteroatoms. The summed E-state index contributed by atoms with van der Waals surface area (Å²) in [5.41, 5.74) is 0.972. The smallest absolute Gasteiger partial charge is 0.279 e. The number of nitrogens with zero attached hydrogens (tertiary/aromatic N) is 2. The predicted octanol–water partition coefficient (Wildman–Crippen LogP) is 2.64. The number of carbonyl (C=O) groups excluding carboxylic acids is 2. The lowest BCUT2D eigenvalue weighted by Crippen LogP contribution is -2.33. The zero-order chi connectivity index (χ0) is 14.1. The molecule has 3 amide bonds.